The molecule has 0 heterocycles. The molecule has 0 aliphatic heterocycles. The molecule has 24 heavy (non-hydrogen) atoms. The number of nitrogens with zero attached hydrogens (tertiary/aromatic N) is 1. The summed E-state index contributed by atoms with van der Waals surface area (Å²) in [7, 11) is 0. The molecule has 0 saturated heterocycles. The second-order valence-corrected chi connectivity index (χ2v) is 5.25. The monoisotopic (exact) mass is 347 g/mol. The third-order valence-corrected chi connectivity index (χ3v) is 3.52. The van der Waals surface area contributed by atoms with E-state index in [9.17, 15) is 14.0 Å². The third-order valence-electron chi connectivity index (χ3n) is 3.19. The third kappa shape index (κ3) is 4.63. The standard InChI is InChI=1S/C17H15ClFN3O2/c1-2-11-6-8-12(9-7-11)21-16(23)17(24)22-20-10-13-14(18)4-3-5-15(13)19/h3-10H,2H2,1H3,(H,21,23)(H,22,24)/b20-10-. The van der Waals surface area contributed by atoms with E-state index in [0.29, 0.717) is 5.69 Å². The zero-order valence-corrected chi connectivity index (χ0v) is 13.6. The van der Waals surface area contributed by atoms with Crippen LogP contribution in [0.4, 0.5) is 10.1 Å². The summed E-state index contributed by atoms with van der Waals surface area (Å²) in [6, 6.07) is 11.3. The van der Waals surface area contributed by atoms with Crippen LogP contribution in [0.15, 0.2) is 47.6 Å². The van der Waals surface area contributed by atoms with Crippen molar-refractivity contribution in [3.63, 3.8) is 0 Å². The van der Waals surface area contributed by atoms with Gasteiger partial charge in [-0.05, 0) is 36.2 Å². The molecule has 2 rings (SSSR count). The van der Waals surface area contributed by atoms with E-state index in [-0.39, 0.29) is 10.6 Å². The average molecular weight is 348 g/mol. The Hall–Kier alpha value is -2.73. The van der Waals surface area contributed by atoms with Crippen LogP contribution < -0.4 is 10.7 Å². The minimum Gasteiger partial charge on any atom is -0.318 e. The van der Waals surface area contributed by atoms with Crippen LogP contribution in [-0.2, 0) is 16.0 Å². The fraction of sp³-hybridized carbons (Fsp3) is 0.118. The van der Waals surface area contributed by atoms with Crippen LogP contribution in [0, 0.1) is 5.82 Å². The molecule has 2 aromatic rings. The molecule has 124 valence electrons. The van der Waals surface area contributed by atoms with Gasteiger partial charge in [-0.1, -0.05) is 36.7 Å². The van der Waals surface area contributed by atoms with Gasteiger partial charge in [-0.3, -0.25) is 9.59 Å². The van der Waals surface area contributed by atoms with Gasteiger partial charge in [-0.25, -0.2) is 9.82 Å². The van der Waals surface area contributed by atoms with Crippen LogP contribution in [0.2, 0.25) is 5.02 Å². The summed E-state index contributed by atoms with van der Waals surface area (Å²) in [4.78, 5) is 23.4. The van der Waals surface area contributed by atoms with Crippen LogP contribution >= 0.6 is 11.6 Å². The Morgan fingerprint density at radius 2 is 1.88 bits per heavy atom. The fourth-order valence-electron chi connectivity index (χ4n) is 1.85. The van der Waals surface area contributed by atoms with E-state index in [2.05, 4.69) is 10.4 Å². The summed E-state index contributed by atoms with van der Waals surface area (Å²) in [6.45, 7) is 2.01. The molecule has 0 aromatic heterocycles. The molecular formula is C17H15ClFN3O2. The number of rotatable bonds is 4. The Kier molecular flexibility index (Phi) is 6.03. The minimum atomic E-state index is -0.974. The first-order valence-corrected chi connectivity index (χ1v) is 7.56. The first kappa shape index (κ1) is 17.6. The highest BCUT2D eigenvalue weighted by Crippen LogP contribution is 2.16. The van der Waals surface area contributed by atoms with E-state index in [1.807, 2.05) is 24.5 Å². The van der Waals surface area contributed by atoms with Gasteiger partial charge in [0.15, 0.2) is 0 Å². The Morgan fingerprint density at radius 1 is 1.17 bits per heavy atom. The molecule has 2 N–H and O–H groups in total. The van der Waals surface area contributed by atoms with E-state index in [4.69, 9.17) is 11.6 Å². The predicted molar refractivity (Wildman–Crippen MR) is 91.6 cm³/mol. The van der Waals surface area contributed by atoms with Crippen molar-refractivity contribution in [1.82, 2.24) is 5.43 Å². The summed E-state index contributed by atoms with van der Waals surface area (Å²) >= 11 is 5.82. The van der Waals surface area contributed by atoms with Crippen molar-refractivity contribution in [2.75, 3.05) is 5.32 Å². The number of aryl methyl sites for hydroxylation is 1. The largest absolute Gasteiger partial charge is 0.329 e. The van der Waals surface area contributed by atoms with Gasteiger partial charge >= 0.3 is 11.8 Å². The van der Waals surface area contributed by atoms with Crippen LogP contribution in [0.5, 0.6) is 0 Å². The molecule has 5 nitrogen and oxygen atoms in total. The molecule has 0 bridgehead atoms. The molecule has 2 aromatic carbocycles. The van der Waals surface area contributed by atoms with Gasteiger partial charge in [0.05, 0.1) is 11.2 Å². The smallest absolute Gasteiger partial charge is 0.318 e. The molecule has 0 saturated carbocycles. The molecule has 0 atom stereocenters. The van der Waals surface area contributed by atoms with Crippen molar-refractivity contribution in [2.45, 2.75) is 13.3 Å². The van der Waals surface area contributed by atoms with Gasteiger partial charge in [-0.15, -0.1) is 0 Å². The number of hydrogen-bond acceptors (Lipinski definition) is 3. The lowest BCUT2D eigenvalue weighted by Gasteiger charge is -2.05. The Morgan fingerprint density at radius 3 is 2.50 bits per heavy atom. The summed E-state index contributed by atoms with van der Waals surface area (Å²) < 4.78 is 13.5. The molecule has 0 aliphatic rings. The highest BCUT2D eigenvalue weighted by atomic mass is 35.5. The van der Waals surface area contributed by atoms with E-state index in [1.54, 1.807) is 12.1 Å². The topological polar surface area (TPSA) is 70.6 Å². The van der Waals surface area contributed by atoms with E-state index in [0.717, 1.165) is 18.2 Å². The van der Waals surface area contributed by atoms with Crippen LogP contribution in [-0.4, -0.2) is 18.0 Å². The van der Waals surface area contributed by atoms with Crippen molar-refractivity contribution >= 4 is 35.3 Å². The molecule has 0 fully saturated rings. The van der Waals surface area contributed by atoms with Gasteiger partial charge in [0.2, 0.25) is 0 Å². The van der Waals surface area contributed by atoms with E-state index >= 15 is 0 Å². The lowest BCUT2D eigenvalue weighted by Crippen LogP contribution is -2.32. The summed E-state index contributed by atoms with van der Waals surface area (Å²) in [6.07, 6.45) is 1.92. The summed E-state index contributed by atoms with van der Waals surface area (Å²) in [5.74, 6) is -2.43. The second kappa shape index (κ2) is 8.21. The van der Waals surface area contributed by atoms with Gasteiger partial charge in [0.25, 0.3) is 0 Å². The van der Waals surface area contributed by atoms with Gasteiger partial charge in [-0.2, -0.15) is 5.10 Å². The first-order valence-electron chi connectivity index (χ1n) is 7.18. The lowest BCUT2D eigenvalue weighted by molar-refractivity contribution is -0.136. The molecule has 0 aliphatic carbocycles. The van der Waals surface area contributed by atoms with Crippen LogP contribution in [0.1, 0.15) is 18.1 Å². The number of hydrogen-bond donors (Lipinski definition) is 2. The number of halogens is 2. The van der Waals surface area contributed by atoms with Crippen LogP contribution in [0.3, 0.4) is 0 Å². The number of benzene rings is 2. The van der Waals surface area contributed by atoms with Crippen molar-refractivity contribution < 1.29 is 14.0 Å². The van der Waals surface area contributed by atoms with E-state index in [1.165, 1.54) is 18.2 Å². The zero-order chi connectivity index (χ0) is 17.5. The summed E-state index contributed by atoms with van der Waals surface area (Å²) in [5, 5.41) is 6.13. The molecule has 7 heteroatoms. The highest BCUT2D eigenvalue weighted by molar-refractivity contribution is 6.39. The van der Waals surface area contributed by atoms with Crippen molar-refractivity contribution in [1.29, 1.82) is 0 Å². The predicted octanol–water partition coefficient (Wildman–Crippen LogP) is 3.13. The van der Waals surface area contributed by atoms with Crippen molar-refractivity contribution in [3.05, 3.63) is 64.4 Å². The lowest BCUT2D eigenvalue weighted by atomic mass is 10.1. The highest BCUT2D eigenvalue weighted by Gasteiger charge is 2.13. The second-order valence-electron chi connectivity index (χ2n) is 4.84. The maximum Gasteiger partial charge on any atom is 0.329 e. The number of hydrazone groups is 1. The molecule has 0 radical (unpaired) electrons. The molecular weight excluding hydrogens is 333 g/mol. The number of amides is 2. The first-order chi connectivity index (χ1) is 11.5. The number of anilines is 1. The van der Waals surface area contributed by atoms with Gasteiger partial charge in [0, 0.05) is 11.3 Å². The molecule has 2 amide bonds. The Balaban J connectivity index is 1.94. The number of nitrogens with one attached hydrogen (secondary N) is 2. The van der Waals surface area contributed by atoms with Crippen molar-refractivity contribution in [3.8, 4) is 0 Å². The SMILES string of the molecule is CCc1ccc(NC(=O)C(=O)N/N=C\c2c(F)cccc2Cl)cc1. The Labute approximate surface area is 143 Å². The maximum atomic E-state index is 13.5. The maximum absolute atomic E-state index is 13.5. The molecule has 0 spiro atoms. The van der Waals surface area contributed by atoms with Gasteiger partial charge < -0.3 is 5.32 Å². The normalized spacial score (nSPS) is 10.6. The van der Waals surface area contributed by atoms with E-state index < -0.39 is 17.6 Å². The van der Waals surface area contributed by atoms with Gasteiger partial charge in [0.1, 0.15) is 5.82 Å². The summed E-state index contributed by atoms with van der Waals surface area (Å²) in [5.41, 5.74) is 3.65. The fourth-order valence-corrected chi connectivity index (χ4v) is 2.06. The minimum absolute atomic E-state index is 0.0232. The average Bonchev–Trinajstić information content (AvgIpc) is 2.58. The van der Waals surface area contributed by atoms with Crippen LogP contribution in [0.25, 0.3) is 0 Å². The number of carbonyl (C=O) groups excluding carboxylic acids is 2. The van der Waals surface area contributed by atoms with Crippen molar-refractivity contribution in [2.24, 2.45) is 5.10 Å². The Bertz CT molecular complexity index is 756. The zero-order valence-electron chi connectivity index (χ0n) is 12.8. The number of carbonyl (C=O) groups is 2. The quantitative estimate of drug-likeness (QED) is 0.507. The molecule has 0 unspecified atom stereocenters.